The van der Waals surface area contributed by atoms with Gasteiger partial charge in [0.1, 0.15) is 23.0 Å². The van der Waals surface area contributed by atoms with Crippen LogP contribution < -0.4 is 9.47 Å². The first kappa shape index (κ1) is 29.3. The molecule has 0 atom stereocenters. The van der Waals surface area contributed by atoms with E-state index in [2.05, 4.69) is 4.99 Å². The molecule has 10 heteroatoms. The molecule has 0 radical (unpaired) electrons. The Balaban J connectivity index is 1.62. The normalized spacial score (nSPS) is 15.0. The summed E-state index contributed by atoms with van der Waals surface area (Å²) in [5, 5.41) is 11.9. The molecule has 3 aromatic carbocycles. The van der Waals surface area contributed by atoms with Crippen LogP contribution >= 0.6 is 35.0 Å². The minimum absolute atomic E-state index is 0.0593. The van der Waals surface area contributed by atoms with Gasteiger partial charge in [0.15, 0.2) is 11.5 Å². The fourth-order valence-electron chi connectivity index (χ4n) is 3.79. The van der Waals surface area contributed by atoms with E-state index in [-0.39, 0.29) is 29.6 Å². The Morgan fingerprint density at radius 3 is 2.50 bits per heavy atom. The maximum atomic E-state index is 12.9. The summed E-state index contributed by atoms with van der Waals surface area (Å²) in [5.41, 5.74) is 2.47. The highest BCUT2D eigenvalue weighted by molar-refractivity contribution is 8.18. The second kappa shape index (κ2) is 13.1. The van der Waals surface area contributed by atoms with Crippen molar-refractivity contribution in [2.45, 2.75) is 20.5 Å². The number of esters is 1. The molecule has 0 aliphatic carbocycles. The highest BCUT2D eigenvalue weighted by atomic mass is 35.5. The number of carbonyl (C=O) groups is 2. The number of rotatable bonds is 8. The lowest BCUT2D eigenvalue weighted by Gasteiger charge is -2.12. The second-order valence-electron chi connectivity index (χ2n) is 8.54. The maximum Gasteiger partial charge on any atom is 0.344 e. The van der Waals surface area contributed by atoms with Gasteiger partial charge in [-0.15, -0.1) is 0 Å². The molecule has 0 aromatic heterocycles. The van der Waals surface area contributed by atoms with E-state index < -0.39 is 11.9 Å². The Hall–Kier alpha value is -3.72. The van der Waals surface area contributed by atoms with Crippen molar-refractivity contribution in [3.05, 3.63) is 109 Å². The number of carbonyl (C=O) groups excluding carboxylic acids is 2. The zero-order chi connectivity index (χ0) is 28.8. The monoisotopic (exact) mass is 597 g/mol. The molecular weight excluding hydrogens is 573 g/mol. The molecule has 7 nitrogen and oxygen atoms in total. The number of hydrogen-bond donors (Lipinski definition) is 1. The van der Waals surface area contributed by atoms with Crippen LogP contribution in [0.5, 0.6) is 11.5 Å². The van der Waals surface area contributed by atoms with Crippen molar-refractivity contribution >= 4 is 58.0 Å². The highest BCUT2D eigenvalue weighted by Gasteiger charge is 2.34. The predicted octanol–water partition coefficient (Wildman–Crippen LogP) is 7.59. The molecule has 0 fully saturated rings. The molecule has 206 valence electrons. The van der Waals surface area contributed by atoms with Crippen LogP contribution in [0.15, 0.2) is 81.9 Å². The number of methoxy groups -OCH3 is 1. The molecule has 1 N–H and O–H groups in total. The van der Waals surface area contributed by atoms with E-state index >= 15 is 0 Å². The zero-order valence-electron chi connectivity index (χ0n) is 21.9. The lowest BCUT2D eigenvalue weighted by atomic mass is 10.1. The summed E-state index contributed by atoms with van der Waals surface area (Å²) in [5.74, 6) is -0.667. The molecule has 1 heterocycles. The van der Waals surface area contributed by atoms with Crippen LogP contribution in [0.1, 0.15) is 34.0 Å². The van der Waals surface area contributed by atoms with Gasteiger partial charge in [-0.3, -0.25) is 4.79 Å². The van der Waals surface area contributed by atoms with E-state index in [1.807, 2.05) is 12.1 Å². The summed E-state index contributed by atoms with van der Waals surface area (Å²) in [6, 6.07) is 17.5. The van der Waals surface area contributed by atoms with Gasteiger partial charge in [-0.25, -0.2) is 9.79 Å². The molecule has 1 amide bonds. The second-order valence-corrected chi connectivity index (χ2v) is 10.4. The molecule has 0 saturated carbocycles. The molecule has 40 heavy (non-hydrogen) atoms. The van der Waals surface area contributed by atoms with Gasteiger partial charge >= 0.3 is 5.97 Å². The van der Waals surface area contributed by atoms with Gasteiger partial charge in [-0.05, 0) is 66.9 Å². The topological polar surface area (TPSA) is 94.4 Å². The fraction of sp³-hybridized carbons (Fsp3) is 0.167. The lowest BCUT2D eigenvalue weighted by molar-refractivity contribution is -0.138. The SMILES string of the molecule is CCOC(=O)C1=C(O)/C(=C/c2ccc(OCc3ccc(Cl)c(Cl)c3)c(OC)c2)SC1=NC(=O)c1ccccc1C. The Morgan fingerprint density at radius 2 is 1.80 bits per heavy atom. The highest BCUT2D eigenvalue weighted by Crippen LogP contribution is 2.40. The maximum absolute atomic E-state index is 12.9. The number of hydrogen-bond acceptors (Lipinski definition) is 7. The molecule has 0 bridgehead atoms. The predicted molar refractivity (Wildman–Crippen MR) is 159 cm³/mol. The number of benzene rings is 3. The Labute approximate surface area is 246 Å². The third-order valence-electron chi connectivity index (χ3n) is 5.81. The minimum atomic E-state index is -0.768. The van der Waals surface area contributed by atoms with E-state index in [1.165, 1.54) is 7.11 Å². The smallest absolute Gasteiger partial charge is 0.344 e. The van der Waals surface area contributed by atoms with Crippen molar-refractivity contribution in [2.75, 3.05) is 13.7 Å². The van der Waals surface area contributed by atoms with Gasteiger partial charge in [-0.1, -0.05) is 65.3 Å². The summed E-state index contributed by atoms with van der Waals surface area (Å²) in [4.78, 5) is 30.1. The molecule has 0 saturated heterocycles. The van der Waals surface area contributed by atoms with Crippen molar-refractivity contribution in [1.82, 2.24) is 0 Å². The zero-order valence-corrected chi connectivity index (χ0v) is 24.2. The van der Waals surface area contributed by atoms with Crippen LogP contribution in [0.4, 0.5) is 0 Å². The van der Waals surface area contributed by atoms with E-state index in [4.69, 9.17) is 37.4 Å². The largest absolute Gasteiger partial charge is 0.506 e. The summed E-state index contributed by atoms with van der Waals surface area (Å²) in [6.07, 6.45) is 1.66. The molecule has 1 aliphatic rings. The number of aliphatic hydroxyl groups is 1. The third-order valence-corrected chi connectivity index (χ3v) is 7.57. The van der Waals surface area contributed by atoms with E-state index in [1.54, 1.807) is 68.5 Å². The van der Waals surface area contributed by atoms with Crippen molar-refractivity contribution in [3.8, 4) is 11.5 Å². The molecule has 0 unspecified atom stereocenters. The standard InChI is InChI=1S/C30H25Cl2NO6S/c1-4-38-30(36)26-27(34)25(40-29(26)33-28(35)20-8-6-5-7-17(20)2)15-18-10-12-23(24(14-18)37-3)39-16-19-9-11-21(31)22(32)13-19/h5-15,34H,4,16H2,1-3H3/b25-15-,33-29?. The van der Waals surface area contributed by atoms with Gasteiger partial charge in [0, 0.05) is 5.56 Å². The van der Waals surface area contributed by atoms with Crippen molar-refractivity contribution < 1.29 is 28.9 Å². The van der Waals surface area contributed by atoms with Crippen molar-refractivity contribution in [3.63, 3.8) is 0 Å². The van der Waals surface area contributed by atoms with Crippen LogP contribution in [0.3, 0.4) is 0 Å². The quantitative estimate of drug-likeness (QED) is 0.267. The summed E-state index contributed by atoms with van der Waals surface area (Å²) in [6.45, 7) is 3.79. The number of aryl methyl sites for hydroxylation is 1. The van der Waals surface area contributed by atoms with E-state index in [0.717, 1.165) is 22.9 Å². The average Bonchev–Trinajstić information content (AvgIpc) is 3.23. The first-order chi connectivity index (χ1) is 19.2. The molecule has 0 spiro atoms. The third kappa shape index (κ3) is 6.70. The minimum Gasteiger partial charge on any atom is -0.506 e. The van der Waals surface area contributed by atoms with Gasteiger partial charge in [0.05, 0.1) is 28.7 Å². The van der Waals surface area contributed by atoms with Gasteiger partial charge in [-0.2, -0.15) is 0 Å². The Kier molecular flexibility index (Phi) is 9.58. The van der Waals surface area contributed by atoms with Gasteiger partial charge < -0.3 is 19.3 Å². The van der Waals surface area contributed by atoms with Crippen LogP contribution in [-0.2, 0) is 16.1 Å². The molecule has 1 aliphatic heterocycles. The summed E-state index contributed by atoms with van der Waals surface area (Å²) in [7, 11) is 1.51. The van der Waals surface area contributed by atoms with Gasteiger partial charge in [0.25, 0.3) is 5.91 Å². The molecule has 3 aromatic rings. The molecular formula is C30H25Cl2NO6S. The van der Waals surface area contributed by atoms with Crippen LogP contribution in [0.25, 0.3) is 6.08 Å². The number of thioether (sulfide) groups is 1. The van der Waals surface area contributed by atoms with E-state index in [9.17, 15) is 14.7 Å². The number of halogens is 2. The van der Waals surface area contributed by atoms with Crippen molar-refractivity contribution in [1.29, 1.82) is 0 Å². The average molecular weight is 599 g/mol. The first-order valence-corrected chi connectivity index (χ1v) is 13.7. The van der Waals surface area contributed by atoms with Crippen molar-refractivity contribution in [2.24, 2.45) is 4.99 Å². The number of amides is 1. The number of aliphatic imine (C=N–C) groups is 1. The number of nitrogens with zero attached hydrogens (tertiary/aromatic N) is 1. The number of aliphatic hydroxyl groups excluding tert-OH is 1. The summed E-state index contributed by atoms with van der Waals surface area (Å²) >= 11 is 13.1. The molecule has 4 rings (SSSR count). The van der Waals surface area contributed by atoms with Crippen LogP contribution in [0.2, 0.25) is 10.0 Å². The summed E-state index contributed by atoms with van der Waals surface area (Å²) < 4.78 is 16.5. The fourth-order valence-corrected chi connectivity index (χ4v) is 5.13. The number of ether oxygens (including phenoxy) is 3. The van der Waals surface area contributed by atoms with E-state index in [0.29, 0.717) is 37.6 Å². The van der Waals surface area contributed by atoms with Gasteiger partial charge in [0.2, 0.25) is 0 Å². The first-order valence-electron chi connectivity index (χ1n) is 12.2. The Morgan fingerprint density at radius 1 is 1.02 bits per heavy atom. The Bertz CT molecular complexity index is 1560. The lowest BCUT2D eigenvalue weighted by Crippen LogP contribution is -2.14. The van der Waals surface area contributed by atoms with Crippen LogP contribution in [0, 0.1) is 6.92 Å². The van der Waals surface area contributed by atoms with Crippen LogP contribution in [-0.4, -0.2) is 35.7 Å².